The normalized spacial score (nSPS) is 13.3. The summed E-state index contributed by atoms with van der Waals surface area (Å²) in [5.41, 5.74) is 0.649. The number of halogens is 3. The van der Waals surface area contributed by atoms with E-state index in [0.717, 1.165) is 0 Å². The van der Waals surface area contributed by atoms with E-state index in [4.69, 9.17) is 23.2 Å². The van der Waals surface area contributed by atoms with Crippen molar-refractivity contribution in [2.75, 3.05) is 6.54 Å². The van der Waals surface area contributed by atoms with Gasteiger partial charge < -0.3 is 5.11 Å². The number of hydrogen-bond acceptors (Lipinski definition) is 4. The Bertz CT molecular complexity index is 712. The Morgan fingerprint density at radius 3 is 2.48 bits per heavy atom. The van der Waals surface area contributed by atoms with E-state index in [0.29, 0.717) is 10.0 Å². The lowest BCUT2D eigenvalue weighted by molar-refractivity contribution is 0.182. The molecule has 1 atom stereocenters. The number of benzene rings is 1. The number of nitrogens with one attached hydrogen (secondary N) is 1. The summed E-state index contributed by atoms with van der Waals surface area (Å²) in [7, 11) is -3.92. The van der Waals surface area contributed by atoms with Crippen LogP contribution in [0.3, 0.4) is 0 Å². The predicted molar refractivity (Wildman–Crippen MR) is 88.6 cm³/mol. The van der Waals surface area contributed by atoms with E-state index in [1.54, 1.807) is 16.8 Å². The third-order valence-corrected chi connectivity index (χ3v) is 6.13. The van der Waals surface area contributed by atoms with Crippen LogP contribution in [0, 0.1) is 0 Å². The summed E-state index contributed by atoms with van der Waals surface area (Å²) in [6, 6.07) is 4.61. The molecule has 0 fully saturated rings. The van der Waals surface area contributed by atoms with Crippen LogP contribution in [-0.2, 0) is 10.0 Å². The summed E-state index contributed by atoms with van der Waals surface area (Å²) in [4.78, 5) is -0.202. The molecule has 1 aromatic carbocycles. The van der Waals surface area contributed by atoms with Gasteiger partial charge in [0.2, 0.25) is 10.0 Å². The number of sulfonamides is 1. The molecule has 2 aromatic rings. The molecule has 1 unspecified atom stereocenters. The van der Waals surface area contributed by atoms with Gasteiger partial charge in [0.15, 0.2) is 0 Å². The van der Waals surface area contributed by atoms with Crippen LogP contribution in [0.2, 0.25) is 10.0 Å². The summed E-state index contributed by atoms with van der Waals surface area (Å²) >= 11 is 16.5. The maximum Gasteiger partial charge on any atom is 0.243 e. The monoisotopic (exact) mass is 429 g/mol. The first kappa shape index (κ1) is 17.2. The average Bonchev–Trinajstić information content (AvgIpc) is 2.88. The smallest absolute Gasteiger partial charge is 0.243 e. The molecule has 21 heavy (non-hydrogen) atoms. The van der Waals surface area contributed by atoms with Gasteiger partial charge in [-0.05, 0) is 34.5 Å². The van der Waals surface area contributed by atoms with E-state index in [-0.39, 0.29) is 21.5 Å². The van der Waals surface area contributed by atoms with Crippen LogP contribution in [0.1, 0.15) is 11.7 Å². The zero-order valence-electron chi connectivity index (χ0n) is 10.4. The van der Waals surface area contributed by atoms with Crippen molar-refractivity contribution in [2.45, 2.75) is 11.0 Å². The van der Waals surface area contributed by atoms with Gasteiger partial charge in [0.1, 0.15) is 4.90 Å². The molecule has 0 spiro atoms. The van der Waals surface area contributed by atoms with E-state index < -0.39 is 16.1 Å². The second kappa shape index (κ2) is 6.95. The molecule has 2 rings (SSSR count). The van der Waals surface area contributed by atoms with Gasteiger partial charge in [-0.25, -0.2) is 13.1 Å². The Morgan fingerprint density at radius 1 is 1.33 bits per heavy atom. The van der Waals surface area contributed by atoms with Crippen molar-refractivity contribution < 1.29 is 13.5 Å². The first-order chi connectivity index (χ1) is 9.81. The van der Waals surface area contributed by atoms with Crippen LogP contribution in [0.15, 0.2) is 38.3 Å². The largest absolute Gasteiger partial charge is 0.387 e. The molecular weight excluding hydrogens is 421 g/mol. The van der Waals surface area contributed by atoms with Crippen LogP contribution < -0.4 is 4.72 Å². The Balaban J connectivity index is 2.20. The van der Waals surface area contributed by atoms with Gasteiger partial charge in [-0.1, -0.05) is 39.1 Å². The van der Waals surface area contributed by atoms with Crippen LogP contribution >= 0.6 is 50.5 Å². The molecule has 4 nitrogen and oxygen atoms in total. The molecule has 0 saturated heterocycles. The lowest BCUT2D eigenvalue weighted by Crippen LogP contribution is -2.28. The molecule has 0 aliphatic carbocycles. The third kappa shape index (κ3) is 4.19. The van der Waals surface area contributed by atoms with Crippen molar-refractivity contribution in [3.8, 4) is 0 Å². The Labute approximate surface area is 144 Å². The molecular formula is C12H10BrCl2NO3S2. The molecule has 0 aliphatic heterocycles. The maximum absolute atomic E-state index is 12.3. The van der Waals surface area contributed by atoms with Gasteiger partial charge in [-0.2, -0.15) is 11.3 Å². The summed E-state index contributed by atoms with van der Waals surface area (Å²) in [6.07, 6.45) is -0.931. The molecule has 2 N–H and O–H groups in total. The summed E-state index contributed by atoms with van der Waals surface area (Å²) in [5.74, 6) is 0. The van der Waals surface area contributed by atoms with E-state index >= 15 is 0 Å². The van der Waals surface area contributed by atoms with Gasteiger partial charge >= 0.3 is 0 Å². The van der Waals surface area contributed by atoms with E-state index in [1.807, 2.05) is 0 Å². The standard InChI is InChI=1S/C12H10BrCl2NO3S2/c13-8-3-9(14)12(10(15)4-8)21(18,19)16-5-11(17)7-1-2-20-6-7/h1-4,6,11,16-17H,5H2. The molecule has 1 heterocycles. The molecule has 0 amide bonds. The van der Waals surface area contributed by atoms with E-state index in [9.17, 15) is 13.5 Å². The van der Waals surface area contributed by atoms with E-state index in [1.165, 1.54) is 23.5 Å². The molecule has 0 saturated carbocycles. The summed E-state index contributed by atoms with van der Waals surface area (Å²) in [6.45, 7) is -0.165. The summed E-state index contributed by atoms with van der Waals surface area (Å²) in [5, 5.41) is 13.5. The minimum absolute atomic E-state index is 0.00639. The minimum atomic E-state index is -3.92. The lowest BCUT2D eigenvalue weighted by Gasteiger charge is -2.13. The molecule has 0 radical (unpaired) electrons. The third-order valence-electron chi connectivity index (χ3n) is 2.63. The van der Waals surface area contributed by atoms with Crippen molar-refractivity contribution in [3.63, 3.8) is 0 Å². The maximum atomic E-state index is 12.3. The lowest BCUT2D eigenvalue weighted by atomic mass is 10.2. The molecule has 0 bridgehead atoms. The fraction of sp³-hybridized carbons (Fsp3) is 0.167. The highest BCUT2D eigenvalue weighted by Crippen LogP contribution is 2.32. The first-order valence-electron chi connectivity index (χ1n) is 5.65. The highest BCUT2D eigenvalue weighted by Gasteiger charge is 2.23. The minimum Gasteiger partial charge on any atom is -0.387 e. The topological polar surface area (TPSA) is 66.4 Å². The van der Waals surface area contributed by atoms with Crippen LogP contribution in [0.5, 0.6) is 0 Å². The summed E-state index contributed by atoms with van der Waals surface area (Å²) < 4.78 is 27.4. The van der Waals surface area contributed by atoms with E-state index in [2.05, 4.69) is 20.7 Å². The van der Waals surface area contributed by atoms with Crippen molar-refractivity contribution in [2.24, 2.45) is 0 Å². The van der Waals surface area contributed by atoms with Gasteiger partial charge in [-0.15, -0.1) is 0 Å². The predicted octanol–water partition coefficient (Wildman–Crippen LogP) is 3.83. The molecule has 9 heteroatoms. The SMILES string of the molecule is O=S(=O)(NCC(O)c1ccsc1)c1c(Cl)cc(Br)cc1Cl. The molecule has 114 valence electrons. The zero-order valence-corrected chi connectivity index (χ0v) is 15.1. The van der Waals surface area contributed by atoms with Crippen molar-refractivity contribution >= 4 is 60.5 Å². The molecule has 0 aliphatic rings. The molecule has 1 aromatic heterocycles. The number of hydrogen-bond donors (Lipinski definition) is 2. The first-order valence-corrected chi connectivity index (χ1v) is 9.63. The number of aliphatic hydroxyl groups excluding tert-OH is 1. The quantitative estimate of drug-likeness (QED) is 0.757. The number of thiophene rings is 1. The number of aliphatic hydroxyl groups is 1. The highest BCUT2D eigenvalue weighted by molar-refractivity contribution is 9.10. The fourth-order valence-electron chi connectivity index (χ4n) is 1.63. The Hall–Kier alpha value is -0.150. The Morgan fingerprint density at radius 2 is 1.95 bits per heavy atom. The van der Waals surface area contributed by atoms with Crippen LogP contribution in [-0.4, -0.2) is 20.1 Å². The second-order valence-electron chi connectivity index (χ2n) is 4.12. The van der Waals surface area contributed by atoms with Crippen molar-refractivity contribution in [3.05, 3.63) is 49.0 Å². The number of rotatable bonds is 5. The van der Waals surface area contributed by atoms with Gasteiger partial charge in [0.05, 0.1) is 16.1 Å². The van der Waals surface area contributed by atoms with Gasteiger partial charge in [-0.3, -0.25) is 0 Å². The van der Waals surface area contributed by atoms with Gasteiger partial charge in [0, 0.05) is 11.0 Å². The zero-order chi connectivity index (χ0) is 15.6. The second-order valence-corrected chi connectivity index (χ2v) is 8.34. The fourth-order valence-corrected chi connectivity index (χ4v) is 5.31. The van der Waals surface area contributed by atoms with Crippen molar-refractivity contribution in [1.82, 2.24) is 4.72 Å². The highest BCUT2D eigenvalue weighted by atomic mass is 79.9. The van der Waals surface area contributed by atoms with Crippen molar-refractivity contribution in [1.29, 1.82) is 0 Å². The van der Waals surface area contributed by atoms with Crippen LogP contribution in [0.25, 0.3) is 0 Å². The van der Waals surface area contributed by atoms with Crippen LogP contribution in [0.4, 0.5) is 0 Å². The average molecular weight is 431 g/mol. The Kier molecular flexibility index (Phi) is 5.70. The van der Waals surface area contributed by atoms with Gasteiger partial charge in [0.25, 0.3) is 0 Å².